The van der Waals surface area contributed by atoms with E-state index in [1.54, 1.807) is 19.2 Å². The maximum Gasteiger partial charge on any atom is 0.287 e. The molecule has 0 bridgehead atoms. The molecule has 1 saturated carbocycles. The van der Waals surface area contributed by atoms with Gasteiger partial charge in [0.1, 0.15) is 12.4 Å². The van der Waals surface area contributed by atoms with Crippen molar-refractivity contribution in [2.45, 2.75) is 57.6 Å². The monoisotopic (exact) mass is 265 g/mol. The number of hydrogen-bond donors (Lipinski definition) is 1. The van der Waals surface area contributed by atoms with Crippen LogP contribution in [0.2, 0.25) is 0 Å². The second-order valence-electron chi connectivity index (χ2n) is 5.21. The number of carbonyl (C=O) groups excluding carboxylic acids is 1. The highest BCUT2D eigenvalue weighted by atomic mass is 16.5. The van der Waals surface area contributed by atoms with Gasteiger partial charge in [0.25, 0.3) is 5.91 Å². The topological polar surface area (TPSA) is 51.5 Å². The highest BCUT2D eigenvalue weighted by Crippen LogP contribution is 2.18. The fraction of sp³-hybridized carbons (Fsp3) is 0.667. The molecule has 0 spiro atoms. The minimum atomic E-state index is -0.104. The zero-order valence-electron chi connectivity index (χ0n) is 11.6. The van der Waals surface area contributed by atoms with E-state index in [0.717, 1.165) is 12.8 Å². The first-order valence-corrected chi connectivity index (χ1v) is 7.18. The minimum absolute atomic E-state index is 0.104. The number of nitrogens with one attached hydrogen (secondary N) is 1. The summed E-state index contributed by atoms with van der Waals surface area (Å²) in [7, 11) is 1.61. The molecular formula is C15H23NO3. The number of carbonyl (C=O) groups is 1. The number of rotatable bonds is 4. The molecule has 1 aromatic heterocycles. The van der Waals surface area contributed by atoms with E-state index < -0.39 is 0 Å². The van der Waals surface area contributed by atoms with E-state index in [9.17, 15) is 4.79 Å². The summed E-state index contributed by atoms with van der Waals surface area (Å²) in [4.78, 5) is 12.1. The predicted octanol–water partition coefficient (Wildman–Crippen LogP) is 3.27. The molecule has 1 N–H and O–H groups in total. The van der Waals surface area contributed by atoms with E-state index in [4.69, 9.17) is 9.15 Å². The zero-order valence-corrected chi connectivity index (χ0v) is 11.6. The highest BCUT2D eigenvalue weighted by Gasteiger charge is 2.17. The van der Waals surface area contributed by atoms with Gasteiger partial charge in [0.2, 0.25) is 0 Å². The Hall–Kier alpha value is -1.29. The van der Waals surface area contributed by atoms with Gasteiger partial charge in [-0.05, 0) is 25.0 Å². The normalized spacial score (nSPS) is 17.7. The lowest BCUT2D eigenvalue weighted by atomic mass is 9.97. The predicted molar refractivity (Wildman–Crippen MR) is 73.0 cm³/mol. The standard InChI is InChI=1S/C15H23NO3/c1-18-11-13-9-10-14(19-13)15(17)16-12-7-5-3-2-4-6-8-12/h9-10,12H,2-8,11H2,1H3,(H,16,17). The Morgan fingerprint density at radius 3 is 2.63 bits per heavy atom. The average molecular weight is 265 g/mol. The van der Waals surface area contributed by atoms with Gasteiger partial charge in [-0.25, -0.2) is 0 Å². The van der Waals surface area contributed by atoms with Gasteiger partial charge in [-0.1, -0.05) is 32.1 Å². The van der Waals surface area contributed by atoms with Crippen LogP contribution in [0.15, 0.2) is 16.5 Å². The molecule has 1 aliphatic carbocycles. The number of methoxy groups -OCH3 is 1. The summed E-state index contributed by atoms with van der Waals surface area (Å²) in [6, 6.07) is 3.80. The summed E-state index contributed by atoms with van der Waals surface area (Å²) in [5, 5.41) is 3.08. The van der Waals surface area contributed by atoms with Gasteiger partial charge in [-0.15, -0.1) is 0 Å². The summed E-state index contributed by atoms with van der Waals surface area (Å²) >= 11 is 0. The van der Waals surface area contributed by atoms with Gasteiger partial charge in [0.15, 0.2) is 5.76 Å². The van der Waals surface area contributed by atoms with Crippen LogP contribution in [0.5, 0.6) is 0 Å². The second-order valence-corrected chi connectivity index (χ2v) is 5.21. The van der Waals surface area contributed by atoms with Gasteiger partial charge in [-0.3, -0.25) is 4.79 Å². The highest BCUT2D eigenvalue weighted by molar-refractivity contribution is 5.91. The lowest BCUT2D eigenvalue weighted by molar-refractivity contribution is 0.0893. The van der Waals surface area contributed by atoms with Crippen LogP contribution >= 0.6 is 0 Å². The van der Waals surface area contributed by atoms with E-state index in [1.807, 2.05) is 0 Å². The Labute approximate surface area is 114 Å². The van der Waals surface area contributed by atoms with Crippen LogP contribution in [-0.4, -0.2) is 19.1 Å². The van der Waals surface area contributed by atoms with Gasteiger partial charge in [-0.2, -0.15) is 0 Å². The Bertz CT molecular complexity index is 392. The summed E-state index contributed by atoms with van der Waals surface area (Å²) in [6.45, 7) is 0.400. The summed E-state index contributed by atoms with van der Waals surface area (Å²) in [5.41, 5.74) is 0. The van der Waals surface area contributed by atoms with E-state index in [2.05, 4.69) is 5.32 Å². The molecule has 1 amide bonds. The molecule has 0 aromatic carbocycles. The molecule has 1 aromatic rings. The number of hydrogen-bond acceptors (Lipinski definition) is 3. The first kappa shape index (κ1) is 14.1. The van der Waals surface area contributed by atoms with Crippen molar-refractivity contribution in [2.24, 2.45) is 0 Å². The Balaban J connectivity index is 1.87. The fourth-order valence-corrected chi connectivity index (χ4v) is 2.58. The van der Waals surface area contributed by atoms with Gasteiger partial charge in [0, 0.05) is 13.2 Å². The first-order valence-electron chi connectivity index (χ1n) is 7.18. The van der Waals surface area contributed by atoms with Crippen LogP contribution in [0.25, 0.3) is 0 Å². The molecule has 0 radical (unpaired) electrons. The van der Waals surface area contributed by atoms with Crippen molar-refractivity contribution in [2.75, 3.05) is 7.11 Å². The third-order valence-corrected chi connectivity index (χ3v) is 3.61. The molecule has 1 heterocycles. The number of ether oxygens (including phenoxy) is 1. The molecule has 1 aliphatic rings. The summed E-state index contributed by atoms with van der Waals surface area (Å²) < 4.78 is 10.4. The van der Waals surface area contributed by atoms with Gasteiger partial charge in [0.05, 0.1) is 0 Å². The Morgan fingerprint density at radius 1 is 1.26 bits per heavy atom. The third kappa shape index (κ3) is 4.39. The maximum atomic E-state index is 12.1. The maximum absolute atomic E-state index is 12.1. The van der Waals surface area contributed by atoms with Crippen LogP contribution in [0.1, 0.15) is 61.3 Å². The lowest BCUT2D eigenvalue weighted by Gasteiger charge is -2.20. The van der Waals surface area contributed by atoms with Crippen LogP contribution in [0.4, 0.5) is 0 Å². The van der Waals surface area contributed by atoms with E-state index in [0.29, 0.717) is 24.2 Å². The van der Waals surface area contributed by atoms with Crippen molar-refractivity contribution in [1.82, 2.24) is 5.32 Å². The van der Waals surface area contributed by atoms with Crippen molar-refractivity contribution in [3.05, 3.63) is 23.7 Å². The fourth-order valence-electron chi connectivity index (χ4n) is 2.58. The molecule has 0 aliphatic heterocycles. The van der Waals surface area contributed by atoms with Crippen molar-refractivity contribution < 1.29 is 13.9 Å². The van der Waals surface area contributed by atoms with Crippen molar-refractivity contribution in [3.8, 4) is 0 Å². The number of amides is 1. The van der Waals surface area contributed by atoms with Crippen LogP contribution in [0.3, 0.4) is 0 Å². The molecule has 19 heavy (non-hydrogen) atoms. The largest absolute Gasteiger partial charge is 0.453 e. The third-order valence-electron chi connectivity index (χ3n) is 3.61. The molecule has 106 valence electrons. The second kappa shape index (κ2) is 7.34. The molecule has 4 heteroatoms. The van der Waals surface area contributed by atoms with Crippen molar-refractivity contribution in [1.29, 1.82) is 0 Å². The summed E-state index contributed by atoms with van der Waals surface area (Å²) in [6.07, 6.45) is 8.47. The smallest absolute Gasteiger partial charge is 0.287 e. The van der Waals surface area contributed by atoms with E-state index >= 15 is 0 Å². The Kier molecular flexibility index (Phi) is 5.45. The molecule has 0 saturated heterocycles. The zero-order chi connectivity index (χ0) is 13.5. The first-order chi connectivity index (χ1) is 9.29. The van der Waals surface area contributed by atoms with Crippen LogP contribution in [0, 0.1) is 0 Å². The molecule has 0 atom stereocenters. The van der Waals surface area contributed by atoms with E-state index in [1.165, 1.54) is 32.1 Å². The Morgan fingerprint density at radius 2 is 1.95 bits per heavy atom. The van der Waals surface area contributed by atoms with E-state index in [-0.39, 0.29) is 5.91 Å². The molecule has 0 unspecified atom stereocenters. The SMILES string of the molecule is COCc1ccc(C(=O)NC2CCCCCCC2)o1. The minimum Gasteiger partial charge on any atom is -0.453 e. The molecular weight excluding hydrogens is 242 g/mol. The molecule has 4 nitrogen and oxygen atoms in total. The van der Waals surface area contributed by atoms with Crippen molar-refractivity contribution in [3.63, 3.8) is 0 Å². The molecule has 2 rings (SSSR count). The summed E-state index contributed by atoms with van der Waals surface area (Å²) in [5.74, 6) is 0.965. The van der Waals surface area contributed by atoms with Crippen LogP contribution < -0.4 is 5.32 Å². The van der Waals surface area contributed by atoms with Crippen molar-refractivity contribution >= 4 is 5.91 Å². The van der Waals surface area contributed by atoms with Crippen LogP contribution in [-0.2, 0) is 11.3 Å². The number of furan rings is 1. The average Bonchev–Trinajstić information content (AvgIpc) is 2.81. The molecule has 1 fully saturated rings. The van der Waals surface area contributed by atoms with Gasteiger partial charge >= 0.3 is 0 Å². The van der Waals surface area contributed by atoms with Gasteiger partial charge < -0.3 is 14.5 Å². The quantitative estimate of drug-likeness (QED) is 0.909. The lowest BCUT2D eigenvalue weighted by Crippen LogP contribution is -2.35.